The first-order valence-electron chi connectivity index (χ1n) is 19.8. The van der Waals surface area contributed by atoms with Crippen LogP contribution in [0, 0.1) is 34.5 Å². The second-order valence-electron chi connectivity index (χ2n) is 17.4. The molecule has 1 saturated heterocycles. The Labute approximate surface area is 314 Å². The van der Waals surface area contributed by atoms with Crippen molar-refractivity contribution >= 4 is 17.9 Å². The predicted octanol–water partition coefficient (Wildman–Crippen LogP) is 9.44. The molecule has 3 aliphatic carbocycles. The van der Waals surface area contributed by atoms with E-state index in [2.05, 4.69) is 27.7 Å². The number of fused-ring (bicyclic) bond motifs is 1. The van der Waals surface area contributed by atoms with Crippen LogP contribution in [0.3, 0.4) is 0 Å². The van der Waals surface area contributed by atoms with Crippen molar-refractivity contribution in [1.82, 2.24) is 0 Å². The Hall–Kier alpha value is -2.65. The third-order valence-electron chi connectivity index (χ3n) is 12.5. The van der Waals surface area contributed by atoms with Gasteiger partial charge < -0.3 is 28.8 Å². The molecule has 6 unspecified atom stereocenters. The van der Waals surface area contributed by atoms with Gasteiger partial charge in [0, 0.05) is 37.2 Å². The number of carbonyl (C=O) groups is 3. The van der Waals surface area contributed by atoms with Crippen LogP contribution in [0.15, 0.2) is 12.1 Å². The summed E-state index contributed by atoms with van der Waals surface area (Å²) in [5, 5.41) is 10.1. The molecule has 9 nitrogen and oxygen atoms in total. The molecule has 1 heterocycles. The summed E-state index contributed by atoms with van der Waals surface area (Å²) in [7, 11) is 3.26. The summed E-state index contributed by atoms with van der Waals surface area (Å²) in [5.74, 6) is 1.71. The minimum atomic E-state index is -0.455. The Morgan fingerprint density at radius 3 is 1.90 bits per heavy atom. The predicted molar refractivity (Wildman–Crippen MR) is 203 cm³/mol. The third kappa shape index (κ3) is 10.5. The molecule has 1 N–H and O–H groups in total. The van der Waals surface area contributed by atoms with Gasteiger partial charge in [-0.2, -0.15) is 0 Å². The first-order valence-corrected chi connectivity index (χ1v) is 19.8. The summed E-state index contributed by atoms with van der Waals surface area (Å²) in [6.45, 7) is 21.1. The van der Waals surface area contributed by atoms with E-state index in [0.717, 1.165) is 43.2 Å². The van der Waals surface area contributed by atoms with Crippen LogP contribution in [-0.2, 0) is 51.3 Å². The number of hydrogen-bond acceptors (Lipinski definition) is 9. The highest BCUT2D eigenvalue weighted by atomic mass is 16.6. The van der Waals surface area contributed by atoms with Crippen LogP contribution < -0.4 is 0 Å². The Morgan fingerprint density at radius 1 is 0.865 bits per heavy atom. The summed E-state index contributed by atoms with van der Waals surface area (Å²) >= 11 is 0. The number of hydrogen-bond donors (Lipinski definition) is 1. The van der Waals surface area contributed by atoms with Crippen molar-refractivity contribution in [2.75, 3.05) is 14.2 Å². The normalized spacial score (nSPS) is 24.6. The average molecular weight is 731 g/mol. The molecule has 0 radical (unpaired) electrons. The Balaban J connectivity index is 0.000000211. The monoisotopic (exact) mass is 731 g/mol. The maximum atomic E-state index is 12.1. The lowest BCUT2D eigenvalue weighted by molar-refractivity contribution is -0.174. The van der Waals surface area contributed by atoms with Crippen molar-refractivity contribution in [3.8, 4) is 5.75 Å². The summed E-state index contributed by atoms with van der Waals surface area (Å²) < 4.78 is 27.1. The van der Waals surface area contributed by atoms with Crippen molar-refractivity contribution in [2.45, 2.75) is 170 Å². The van der Waals surface area contributed by atoms with Gasteiger partial charge in [-0.3, -0.25) is 14.4 Å². The molecular formula is C43H70O9. The molecule has 2 bridgehead atoms. The molecule has 5 rings (SSSR count). The van der Waals surface area contributed by atoms with Crippen molar-refractivity contribution < 1.29 is 43.2 Å². The van der Waals surface area contributed by atoms with Crippen molar-refractivity contribution in [3.63, 3.8) is 0 Å². The molecule has 1 aromatic rings. The lowest BCUT2D eigenvalue weighted by Gasteiger charge is -2.38. The number of methoxy groups -OCH3 is 2. The summed E-state index contributed by atoms with van der Waals surface area (Å²) in [4.78, 5) is 35.9. The highest BCUT2D eigenvalue weighted by molar-refractivity contribution is 5.78. The SMILES string of the molecule is CCC(C)(C)C(=O)OC(C)(C)C1CCCCC1.CCC(C)(C)C(=O)OC1C2CC3C(=O)OC1C3C2.CCC(C)c1cc(COC)c(O)c(COC)c1. The summed E-state index contributed by atoms with van der Waals surface area (Å²) in [5.41, 5.74) is 1.78. The van der Waals surface area contributed by atoms with E-state index in [1.807, 2.05) is 53.7 Å². The summed E-state index contributed by atoms with van der Waals surface area (Å²) in [6, 6.07) is 4.04. The largest absolute Gasteiger partial charge is 0.507 e. The minimum absolute atomic E-state index is 0.0458. The molecular weight excluding hydrogens is 660 g/mol. The number of carbonyl (C=O) groups excluding carboxylic acids is 3. The van der Waals surface area contributed by atoms with Gasteiger partial charge >= 0.3 is 17.9 Å². The zero-order valence-electron chi connectivity index (χ0n) is 34.4. The van der Waals surface area contributed by atoms with E-state index in [4.69, 9.17) is 23.7 Å². The molecule has 4 aliphatic rings. The number of ether oxygens (including phenoxy) is 5. The molecule has 1 aliphatic heterocycles. The first kappa shape index (κ1) is 43.8. The van der Waals surface area contributed by atoms with Crippen molar-refractivity contribution in [1.29, 1.82) is 0 Å². The summed E-state index contributed by atoms with van der Waals surface area (Å²) in [6.07, 6.45) is 10.4. The molecule has 1 aromatic carbocycles. The topological polar surface area (TPSA) is 118 Å². The van der Waals surface area contributed by atoms with Crippen molar-refractivity contribution in [3.05, 3.63) is 28.8 Å². The van der Waals surface area contributed by atoms with Gasteiger partial charge in [-0.1, -0.05) is 47.0 Å². The number of esters is 3. The molecule has 0 amide bonds. The molecule has 6 atom stereocenters. The van der Waals surface area contributed by atoms with E-state index in [-0.39, 0.29) is 47.0 Å². The molecule has 52 heavy (non-hydrogen) atoms. The highest BCUT2D eigenvalue weighted by Gasteiger charge is 2.63. The van der Waals surface area contributed by atoms with Gasteiger partial charge in [0.1, 0.15) is 23.6 Å². The number of benzene rings is 1. The number of aromatic hydroxyl groups is 1. The van der Waals surface area contributed by atoms with Gasteiger partial charge in [0.25, 0.3) is 0 Å². The van der Waals surface area contributed by atoms with E-state index in [1.165, 1.54) is 37.7 Å². The van der Waals surface area contributed by atoms with Gasteiger partial charge in [-0.25, -0.2) is 0 Å². The van der Waals surface area contributed by atoms with Crippen LogP contribution >= 0.6 is 0 Å². The van der Waals surface area contributed by atoms with Gasteiger partial charge in [0.2, 0.25) is 0 Å². The zero-order valence-corrected chi connectivity index (χ0v) is 34.4. The zero-order chi connectivity index (χ0) is 39.0. The minimum Gasteiger partial charge on any atom is -0.507 e. The lowest BCUT2D eigenvalue weighted by atomic mass is 9.78. The molecule has 0 spiro atoms. The van der Waals surface area contributed by atoms with Crippen LogP contribution in [0.2, 0.25) is 0 Å². The molecule has 296 valence electrons. The van der Waals surface area contributed by atoms with Crippen LogP contribution in [-0.4, -0.2) is 55.0 Å². The standard InChI is InChI=1S/C15H28O2.C14H20O4.C14H22O3/c1-6-14(2,3)13(16)17-15(4,5)12-10-8-7-9-11-12;1-4-14(2,3)13(16)18-10-7-5-8-9(6-7)12(15)17-11(8)10;1-5-10(2)11-6-12(8-16-3)14(15)13(7-11)9-17-4/h12H,6-11H2,1-5H3;7-11H,4-6H2,1-3H3;6-7,10,15H,5,8-9H2,1-4H3. The quantitative estimate of drug-likeness (QED) is 0.156. The maximum absolute atomic E-state index is 12.1. The first-order chi connectivity index (χ1) is 24.4. The van der Waals surface area contributed by atoms with E-state index in [1.54, 1.807) is 14.2 Å². The van der Waals surface area contributed by atoms with Crippen LogP contribution in [0.1, 0.15) is 156 Å². The van der Waals surface area contributed by atoms with E-state index >= 15 is 0 Å². The maximum Gasteiger partial charge on any atom is 0.312 e. The fourth-order valence-corrected chi connectivity index (χ4v) is 7.73. The van der Waals surface area contributed by atoms with Gasteiger partial charge in [-0.05, 0) is 116 Å². The molecule has 4 fully saturated rings. The van der Waals surface area contributed by atoms with Crippen LogP contribution in [0.5, 0.6) is 5.75 Å². The van der Waals surface area contributed by atoms with E-state index < -0.39 is 5.41 Å². The smallest absolute Gasteiger partial charge is 0.312 e. The Morgan fingerprint density at radius 2 is 1.40 bits per heavy atom. The van der Waals surface area contributed by atoms with Crippen LogP contribution in [0.4, 0.5) is 0 Å². The lowest BCUT2D eigenvalue weighted by Crippen LogP contribution is -2.41. The second-order valence-corrected chi connectivity index (χ2v) is 17.4. The number of rotatable bonds is 13. The van der Waals surface area contributed by atoms with Gasteiger partial charge in [-0.15, -0.1) is 0 Å². The van der Waals surface area contributed by atoms with Gasteiger partial charge in [0.15, 0.2) is 0 Å². The number of phenolic OH excluding ortho intramolecular Hbond substituents is 1. The Kier molecular flexibility index (Phi) is 15.6. The van der Waals surface area contributed by atoms with E-state index in [0.29, 0.717) is 42.6 Å². The van der Waals surface area contributed by atoms with E-state index in [9.17, 15) is 19.5 Å². The number of phenols is 1. The van der Waals surface area contributed by atoms with Crippen molar-refractivity contribution in [2.24, 2.45) is 34.5 Å². The highest BCUT2D eigenvalue weighted by Crippen LogP contribution is 2.55. The second kappa shape index (κ2) is 18.6. The molecule has 0 aromatic heterocycles. The average Bonchev–Trinajstić information content (AvgIpc) is 3.76. The Bertz CT molecular complexity index is 1310. The fourth-order valence-electron chi connectivity index (χ4n) is 7.73. The van der Waals surface area contributed by atoms with Gasteiger partial charge in [0.05, 0.1) is 30.0 Å². The third-order valence-corrected chi connectivity index (χ3v) is 12.5. The van der Waals surface area contributed by atoms with Crippen LogP contribution in [0.25, 0.3) is 0 Å². The fraction of sp³-hybridized carbons (Fsp3) is 0.791. The molecule has 3 saturated carbocycles. The molecule has 9 heteroatoms.